The van der Waals surface area contributed by atoms with Crippen molar-refractivity contribution in [3.05, 3.63) is 35.4 Å². The lowest BCUT2D eigenvalue weighted by atomic mass is 10.1. The van der Waals surface area contributed by atoms with Crippen molar-refractivity contribution in [2.75, 3.05) is 19.7 Å². The van der Waals surface area contributed by atoms with Crippen LogP contribution in [-0.2, 0) is 6.54 Å². The molecule has 0 aromatic heterocycles. The largest absolute Gasteiger partial charge is 0.394 e. The maximum absolute atomic E-state index is 12.0. The Bertz CT molecular complexity index is 428. The summed E-state index contributed by atoms with van der Waals surface area (Å²) < 4.78 is 0. The van der Waals surface area contributed by atoms with E-state index in [0.29, 0.717) is 5.56 Å². The highest BCUT2D eigenvalue weighted by molar-refractivity contribution is 5.94. The molecule has 19 heavy (non-hydrogen) atoms. The summed E-state index contributed by atoms with van der Waals surface area (Å²) in [5.74, 6) is -0.121. The summed E-state index contributed by atoms with van der Waals surface area (Å²) >= 11 is 0. The molecule has 1 aliphatic rings. The third-order valence-electron chi connectivity index (χ3n) is 3.45. The van der Waals surface area contributed by atoms with Crippen molar-refractivity contribution in [3.8, 4) is 0 Å². The molecule has 0 bridgehead atoms. The van der Waals surface area contributed by atoms with Crippen LogP contribution < -0.4 is 5.32 Å². The molecule has 0 spiro atoms. The number of nitrogens with zero attached hydrogens (tertiary/aromatic N) is 1. The summed E-state index contributed by atoms with van der Waals surface area (Å²) in [7, 11) is 0. The van der Waals surface area contributed by atoms with Gasteiger partial charge in [-0.1, -0.05) is 12.1 Å². The fourth-order valence-electron chi connectivity index (χ4n) is 2.36. The smallest absolute Gasteiger partial charge is 0.251 e. The number of benzene rings is 1. The van der Waals surface area contributed by atoms with E-state index in [9.17, 15) is 4.79 Å². The molecule has 1 amide bonds. The summed E-state index contributed by atoms with van der Waals surface area (Å²) in [6.45, 7) is 4.96. The predicted molar refractivity (Wildman–Crippen MR) is 75.0 cm³/mol. The van der Waals surface area contributed by atoms with Gasteiger partial charge in [0.05, 0.1) is 6.61 Å². The summed E-state index contributed by atoms with van der Waals surface area (Å²) in [6.07, 6.45) is 2.54. The van der Waals surface area contributed by atoms with Crippen molar-refractivity contribution < 1.29 is 9.90 Å². The van der Waals surface area contributed by atoms with Gasteiger partial charge in [-0.2, -0.15) is 0 Å². The second-order valence-corrected chi connectivity index (χ2v) is 5.24. The van der Waals surface area contributed by atoms with E-state index >= 15 is 0 Å². The molecular formula is C15H22N2O2. The first kappa shape index (κ1) is 14.0. The SMILES string of the molecule is CC(CO)NC(=O)c1cccc(CN2CCCC2)c1. The molecule has 1 saturated heterocycles. The van der Waals surface area contributed by atoms with Crippen molar-refractivity contribution in [1.82, 2.24) is 10.2 Å². The average molecular weight is 262 g/mol. The monoisotopic (exact) mass is 262 g/mol. The minimum absolute atomic E-state index is 0.0425. The third-order valence-corrected chi connectivity index (χ3v) is 3.45. The molecule has 0 radical (unpaired) electrons. The molecule has 1 unspecified atom stereocenters. The van der Waals surface area contributed by atoms with E-state index < -0.39 is 0 Å². The Labute approximate surface area is 114 Å². The average Bonchev–Trinajstić information content (AvgIpc) is 2.91. The Morgan fingerprint density at radius 1 is 1.42 bits per heavy atom. The molecule has 1 aromatic carbocycles. The summed E-state index contributed by atoms with van der Waals surface area (Å²) in [5, 5.41) is 11.7. The quantitative estimate of drug-likeness (QED) is 0.843. The summed E-state index contributed by atoms with van der Waals surface area (Å²) in [4.78, 5) is 14.4. The van der Waals surface area contributed by atoms with E-state index in [1.54, 1.807) is 6.92 Å². The maximum atomic E-state index is 12.0. The zero-order valence-electron chi connectivity index (χ0n) is 11.4. The number of carbonyl (C=O) groups is 1. The number of carbonyl (C=O) groups excluding carboxylic acids is 1. The fraction of sp³-hybridized carbons (Fsp3) is 0.533. The van der Waals surface area contributed by atoms with E-state index in [1.165, 1.54) is 18.4 Å². The maximum Gasteiger partial charge on any atom is 0.251 e. The van der Waals surface area contributed by atoms with Crippen LogP contribution in [0.15, 0.2) is 24.3 Å². The van der Waals surface area contributed by atoms with Crippen molar-refractivity contribution in [3.63, 3.8) is 0 Å². The number of hydrogen-bond acceptors (Lipinski definition) is 3. The van der Waals surface area contributed by atoms with Crippen molar-refractivity contribution >= 4 is 5.91 Å². The molecule has 104 valence electrons. The van der Waals surface area contributed by atoms with Gasteiger partial charge >= 0.3 is 0 Å². The van der Waals surface area contributed by atoms with Gasteiger partial charge in [0.1, 0.15) is 0 Å². The number of nitrogens with one attached hydrogen (secondary N) is 1. The lowest BCUT2D eigenvalue weighted by Crippen LogP contribution is -2.35. The topological polar surface area (TPSA) is 52.6 Å². The Balaban J connectivity index is 1.99. The van der Waals surface area contributed by atoms with Gasteiger partial charge in [-0.25, -0.2) is 0 Å². The Morgan fingerprint density at radius 3 is 2.84 bits per heavy atom. The predicted octanol–water partition coefficient (Wildman–Crippen LogP) is 1.39. The molecule has 1 atom stereocenters. The van der Waals surface area contributed by atoms with E-state index in [1.807, 2.05) is 18.2 Å². The molecule has 0 saturated carbocycles. The fourth-order valence-corrected chi connectivity index (χ4v) is 2.36. The highest BCUT2D eigenvalue weighted by atomic mass is 16.3. The second-order valence-electron chi connectivity index (χ2n) is 5.24. The first-order valence-corrected chi connectivity index (χ1v) is 6.92. The highest BCUT2D eigenvalue weighted by Gasteiger charge is 2.13. The van der Waals surface area contributed by atoms with Crippen molar-refractivity contribution in [2.24, 2.45) is 0 Å². The van der Waals surface area contributed by atoms with Gasteiger partial charge in [-0.3, -0.25) is 9.69 Å². The molecule has 1 aromatic rings. The number of aliphatic hydroxyl groups excluding tert-OH is 1. The molecule has 2 rings (SSSR count). The number of rotatable bonds is 5. The molecule has 2 N–H and O–H groups in total. The van der Waals surface area contributed by atoms with Crippen LogP contribution in [0.5, 0.6) is 0 Å². The van der Waals surface area contributed by atoms with Gasteiger partial charge in [0, 0.05) is 18.2 Å². The Morgan fingerprint density at radius 2 is 2.16 bits per heavy atom. The molecule has 1 heterocycles. The first-order valence-electron chi connectivity index (χ1n) is 6.92. The van der Waals surface area contributed by atoms with E-state index in [2.05, 4.69) is 16.3 Å². The zero-order valence-corrected chi connectivity index (χ0v) is 11.4. The standard InChI is InChI=1S/C15H22N2O2/c1-12(11-18)16-15(19)14-6-4-5-13(9-14)10-17-7-2-3-8-17/h4-6,9,12,18H,2-3,7-8,10-11H2,1H3,(H,16,19). The summed E-state index contributed by atoms with van der Waals surface area (Å²) in [6, 6.07) is 7.52. The van der Waals surface area contributed by atoms with Crippen LogP contribution in [0.4, 0.5) is 0 Å². The van der Waals surface area contributed by atoms with Gasteiger partial charge in [0.25, 0.3) is 5.91 Å². The Kier molecular flexibility index (Phi) is 4.93. The normalized spacial score (nSPS) is 17.4. The van der Waals surface area contributed by atoms with Crippen LogP contribution in [0.3, 0.4) is 0 Å². The minimum atomic E-state index is -0.213. The van der Waals surface area contributed by atoms with Gasteiger partial charge < -0.3 is 10.4 Å². The lowest BCUT2D eigenvalue weighted by Gasteiger charge is -2.15. The van der Waals surface area contributed by atoms with Crippen molar-refractivity contribution in [2.45, 2.75) is 32.4 Å². The number of amides is 1. The Hall–Kier alpha value is -1.39. The van der Waals surface area contributed by atoms with E-state index in [-0.39, 0.29) is 18.6 Å². The van der Waals surface area contributed by atoms with Gasteiger partial charge in [-0.05, 0) is 50.6 Å². The number of hydrogen-bond donors (Lipinski definition) is 2. The minimum Gasteiger partial charge on any atom is -0.394 e. The van der Waals surface area contributed by atoms with E-state index in [0.717, 1.165) is 19.6 Å². The lowest BCUT2D eigenvalue weighted by molar-refractivity contribution is 0.0922. The van der Waals surface area contributed by atoms with Crippen LogP contribution in [0.2, 0.25) is 0 Å². The zero-order chi connectivity index (χ0) is 13.7. The van der Waals surface area contributed by atoms with Gasteiger partial charge in [-0.15, -0.1) is 0 Å². The van der Waals surface area contributed by atoms with Crippen LogP contribution in [0.1, 0.15) is 35.7 Å². The summed E-state index contributed by atoms with van der Waals surface area (Å²) in [5.41, 5.74) is 1.84. The second kappa shape index (κ2) is 6.68. The van der Waals surface area contributed by atoms with Crippen LogP contribution in [0, 0.1) is 0 Å². The molecule has 4 nitrogen and oxygen atoms in total. The first-order chi connectivity index (χ1) is 9.19. The molecule has 1 aliphatic heterocycles. The molecule has 4 heteroatoms. The highest BCUT2D eigenvalue weighted by Crippen LogP contribution is 2.13. The van der Waals surface area contributed by atoms with Crippen LogP contribution >= 0.6 is 0 Å². The number of likely N-dealkylation sites (tertiary alicyclic amines) is 1. The number of aliphatic hydroxyl groups is 1. The van der Waals surface area contributed by atoms with Crippen molar-refractivity contribution in [1.29, 1.82) is 0 Å². The van der Waals surface area contributed by atoms with Gasteiger partial charge in [0.2, 0.25) is 0 Å². The van der Waals surface area contributed by atoms with Crippen LogP contribution in [0.25, 0.3) is 0 Å². The van der Waals surface area contributed by atoms with Gasteiger partial charge in [0.15, 0.2) is 0 Å². The third kappa shape index (κ3) is 4.04. The molecule has 1 fully saturated rings. The van der Waals surface area contributed by atoms with Crippen LogP contribution in [-0.4, -0.2) is 41.7 Å². The molecule has 0 aliphatic carbocycles. The van der Waals surface area contributed by atoms with E-state index in [4.69, 9.17) is 5.11 Å². The molecular weight excluding hydrogens is 240 g/mol.